The Bertz CT molecular complexity index is 837. The molecule has 3 rings (SSSR count). The molecule has 0 aliphatic rings. The second-order valence-corrected chi connectivity index (χ2v) is 5.51. The van der Waals surface area contributed by atoms with Crippen LogP contribution in [-0.2, 0) is 4.79 Å². The smallest absolute Gasteiger partial charge is 0.246 e. The molecule has 0 heterocycles. The summed E-state index contributed by atoms with van der Waals surface area (Å²) >= 11 is 0. The molecule has 24 heavy (non-hydrogen) atoms. The lowest BCUT2D eigenvalue weighted by Crippen LogP contribution is -2.35. The van der Waals surface area contributed by atoms with Crippen molar-refractivity contribution in [2.45, 2.75) is 0 Å². The Morgan fingerprint density at radius 3 is 2.46 bits per heavy atom. The van der Waals surface area contributed by atoms with Crippen LogP contribution in [0, 0.1) is 0 Å². The lowest BCUT2D eigenvalue weighted by Gasteiger charge is -2.22. The van der Waals surface area contributed by atoms with E-state index in [9.17, 15) is 4.79 Å². The number of nitrogens with one attached hydrogen (secondary N) is 1. The molecule has 0 radical (unpaired) electrons. The van der Waals surface area contributed by atoms with E-state index in [1.807, 2.05) is 54.6 Å². The van der Waals surface area contributed by atoms with Gasteiger partial charge in [-0.2, -0.15) is 0 Å². The van der Waals surface area contributed by atoms with Crippen LogP contribution in [0.15, 0.2) is 85.5 Å². The number of carbonyl (C=O) groups is 1. The van der Waals surface area contributed by atoms with Crippen LogP contribution in [0.1, 0.15) is 0 Å². The van der Waals surface area contributed by atoms with Crippen molar-refractivity contribution in [1.82, 2.24) is 0 Å². The molecule has 0 atom stereocenters. The summed E-state index contributed by atoms with van der Waals surface area (Å²) in [6, 6.07) is 23.8. The minimum absolute atomic E-state index is 0.00836. The van der Waals surface area contributed by atoms with Gasteiger partial charge in [-0.05, 0) is 23.6 Å². The number of benzene rings is 3. The summed E-state index contributed by atoms with van der Waals surface area (Å²) in [6.45, 7) is 4.47. The number of hydrogen-bond acceptors (Lipinski definition) is 2. The van der Waals surface area contributed by atoms with E-state index in [-0.39, 0.29) is 12.5 Å². The Morgan fingerprint density at radius 1 is 0.958 bits per heavy atom. The van der Waals surface area contributed by atoms with Gasteiger partial charge in [0.25, 0.3) is 0 Å². The molecule has 0 unspecified atom stereocenters. The molecule has 1 N–H and O–H groups in total. The van der Waals surface area contributed by atoms with Gasteiger partial charge in [-0.3, -0.25) is 4.79 Å². The molecule has 3 aromatic rings. The average molecular weight is 316 g/mol. The zero-order valence-electron chi connectivity index (χ0n) is 13.5. The van der Waals surface area contributed by atoms with Gasteiger partial charge in [0.2, 0.25) is 5.91 Å². The Morgan fingerprint density at radius 2 is 1.67 bits per heavy atom. The molecule has 0 fully saturated rings. The number of carbonyl (C=O) groups excluding carboxylic acids is 1. The van der Waals surface area contributed by atoms with Crippen LogP contribution >= 0.6 is 0 Å². The summed E-state index contributed by atoms with van der Waals surface area (Å²) in [5.41, 5.74) is 1.84. The first-order valence-corrected chi connectivity index (χ1v) is 7.97. The van der Waals surface area contributed by atoms with Crippen LogP contribution in [0.5, 0.6) is 0 Å². The fraction of sp³-hybridized carbons (Fsp3) is 0.0952. The fourth-order valence-electron chi connectivity index (χ4n) is 2.73. The lowest BCUT2D eigenvalue weighted by molar-refractivity contribution is -0.116. The van der Waals surface area contributed by atoms with Crippen LogP contribution in [0.4, 0.5) is 11.4 Å². The predicted molar refractivity (Wildman–Crippen MR) is 101 cm³/mol. The Balaban J connectivity index is 1.77. The van der Waals surface area contributed by atoms with Gasteiger partial charge in [-0.1, -0.05) is 60.7 Å². The lowest BCUT2D eigenvalue weighted by atomic mass is 10.1. The molecule has 0 saturated heterocycles. The predicted octanol–water partition coefficient (Wildman–Crippen LogP) is 4.47. The molecule has 3 heteroatoms. The highest BCUT2D eigenvalue weighted by Gasteiger charge is 2.14. The first-order chi connectivity index (χ1) is 11.8. The average Bonchev–Trinajstić information content (AvgIpc) is 2.65. The van der Waals surface area contributed by atoms with Crippen molar-refractivity contribution in [3.05, 3.63) is 85.5 Å². The van der Waals surface area contributed by atoms with Gasteiger partial charge in [0.15, 0.2) is 0 Å². The van der Waals surface area contributed by atoms with Crippen molar-refractivity contribution in [1.29, 1.82) is 0 Å². The molecule has 0 bridgehead atoms. The van der Waals surface area contributed by atoms with E-state index < -0.39 is 0 Å². The van der Waals surface area contributed by atoms with Crippen molar-refractivity contribution in [2.24, 2.45) is 0 Å². The van der Waals surface area contributed by atoms with Crippen LogP contribution in [0.3, 0.4) is 0 Å². The Labute approximate surface area is 142 Å². The monoisotopic (exact) mass is 316 g/mol. The molecular weight excluding hydrogens is 296 g/mol. The van der Waals surface area contributed by atoms with Crippen molar-refractivity contribution >= 4 is 28.1 Å². The topological polar surface area (TPSA) is 32.3 Å². The number of para-hydroxylation sites is 1. The molecule has 3 aromatic carbocycles. The number of nitrogens with zero attached hydrogens (tertiary/aromatic N) is 1. The minimum atomic E-state index is 0.00836. The Hall–Kier alpha value is -3.07. The van der Waals surface area contributed by atoms with Crippen molar-refractivity contribution < 1.29 is 4.79 Å². The number of rotatable bonds is 6. The van der Waals surface area contributed by atoms with E-state index in [1.54, 1.807) is 11.0 Å². The summed E-state index contributed by atoms with van der Waals surface area (Å²) in [5, 5.41) is 5.54. The first kappa shape index (κ1) is 15.8. The van der Waals surface area contributed by atoms with Crippen LogP contribution in [0.2, 0.25) is 0 Å². The third kappa shape index (κ3) is 3.46. The van der Waals surface area contributed by atoms with Gasteiger partial charge in [0.05, 0.1) is 6.54 Å². The maximum atomic E-state index is 12.7. The highest BCUT2D eigenvalue weighted by molar-refractivity contribution is 5.99. The molecule has 0 aliphatic carbocycles. The minimum Gasteiger partial charge on any atom is -0.376 e. The maximum Gasteiger partial charge on any atom is 0.246 e. The third-order valence-corrected chi connectivity index (χ3v) is 3.90. The molecule has 0 saturated carbocycles. The second kappa shape index (κ2) is 7.47. The largest absolute Gasteiger partial charge is 0.376 e. The van der Waals surface area contributed by atoms with E-state index in [0.29, 0.717) is 6.54 Å². The summed E-state index contributed by atoms with van der Waals surface area (Å²) in [4.78, 5) is 14.4. The van der Waals surface area contributed by atoms with Crippen molar-refractivity contribution in [3.8, 4) is 0 Å². The second-order valence-electron chi connectivity index (χ2n) is 5.51. The van der Waals surface area contributed by atoms with Gasteiger partial charge in [-0.25, -0.2) is 0 Å². The van der Waals surface area contributed by atoms with Gasteiger partial charge >= 0.3 is 0 Å². The quantitative estimate of drug-likeness (QED) is 0.680. The molecule has 0 spiro atoms. The van der Waals surface area contributed by atoms with E-state index in [4.69, 9.17) is 0 Å². The molecule has 0 aromatic heterocycles. The van der Waals surface area contributed by atoms with E-state index in [2.05, 4.69) is 30.1 Å². The van der Waals surface area contributed by atoms with E-state index in [1.165, 1.54) is 0 Å². The van der Waals surface area contributed by atoms with Crippen LogP contribution in [-0.4, -0.2) is 19.0 Å². The summed E-state index contributed by atoms with van der Waals surface area (Å²) in [7, 11) is 0. The Kier molecular flexibility index (Phi) is 4.92. The number of anilines is 2. The molecule has 1 amide bonds. The number of amides is 1. The first-order valence-electron chi connectivity index (χ1n) is 7.97. The highest BCUT2D eigenvalue weighted by atomic mass is 16.2. The standard InChI is InChI=1S/C21H20N2O/c1-2-15-23(18-11-4-3-5-12-18)21(24)16-22-20-14-8-10-17-9-6-7-13-19(17)20/h2-14,22H,1,15-16H2. The molecule has 3 nitrogen and oxygen atoms in total. The number of fused-ring (bicyclic) bond motifs is 1. The van der Waals surface area contributed by atoms with Crippen LogP contribution < -0.4 is 10.2 Å². The van der Waals surface area contributed by atoms with E-state index >= 15 is 0 Å². The van der Waals surface area contributed by atoms with Crippen LogP contribution in [0.25, 0.3) is 10.8 Å². The molecular formula is C21H20N2O. The van der Waals surface area contributed by atoms with Crippen molar-refractivity contribution in [2.75, 3.05) is 23.3 Å². The maximum absolute atomic E-state index is 12.7. The fourth-order valence-corrected chi connectivity index (χ4v) is 2.73. The summed E-state index contributed by atoms with van der Waals surface area (Å²) in [6.07, 6.45) is 1.74. The summed E-state index contributed by atoms with van der Waals surface area (Å²) < 4.78 is 0. The van der Waals surface area contributed by atoms with Gasteiger partial charge in [-0.15, -0.1) is 6.58 Å². The third-order valence-electron chi connectivity index (χ3n) is 3.90. The molecule has 0 aliphatic heterocycles. The van der Waals surface area contributed by atoms with Gasteiger partial charge in [0, 0.05) is 23.3 Å². The van der Waals surface area contributed by atoms with E-state index in [0.717, 1.165) is 22.1 Å². The zero-order valence-corrected chi connectivity index (χ0v) is 13.5. The molecule has 120 valence electrons. The van der Waals surface area contributed by atoms with Gasteiger partial charge < -0.3 is 10.2 Å². The number of hydrogen-bond donors (Lipinski definition) is 1. The summed E-state index contributed by atoms with van der Waals surface area (Å²) in [5.74, 6) is 0.00836. The SMILES string of the molecule is C=CCN(C(=O)CNc1cccc2ccccc12)c1ccccc1. The highest BCUT2D eigenvalue weighted by Crippen LogP contribution is 2.23. The van der Waals surface area contributed by atoms with Gasteiger partial charge in [0.1, 0.15) is 0 Å². The normalized spacial score (nSPS) is 10.3. The zero-order chi connectivity index (χ0) is 16.8. The van der Waals surface area contributed by atoms with Crippen molar-refractivity contribution in [3.63, 3.8) is 0 Å².